The number of nitrogens with zero attached hydrogens (tertiary/aromatic N) is 1. The summed E-state index contributed by atoms with van der Waals surface area (Å²) in [6.07, 6.45) is 0.703. The highest BCUT2D eigenvalue weighted by molar-refractivity contribution is 5.94. The summed E-state index contributed by atoms with van der Waals surface area (Å²) in [6, 6.07) is 8.66. The number of primary amides is 1. The molecule has 0 aliphatic rings. The summed E-state index contributed by atoms with van der Waals surface area (Å²) in [6.45, 7) is 1.13. The van der Waals surface area contributed by atoms with Gasteiger partial charge in [0.05, 0.1) is 20.6 Å². The first-order chi connectivity index (χ1) is 8.43. The topological polar surface area (TPSA) is 72.2 Å². The van der Waals surface area contributed by atoms with Gasteiger partial charge in [0, 0.05) is 18.5 Å². The van der Waals surface area contributed by atoms with Crippen LogP contribution >= 0.6 is 0 Å². The van der Waals surface area contributed by atoms with Crippen LogP contribution in [0.5, 0.6) is 0 Å². The van der Waals surface area contributed by atoms with Crippen molar-refractivity contribution in [1.29, 1.82) is 0 Å². The van der Waals surface area contributed by atoms with E-state index in [-0.39, 0.29) is 16.4 Å². The Bertz CT molecular complexity index is 416. The number of nitrogens with two attached hydrogens (primary N) is 1. The number of benzene rings is 1. The van der Waals surface area contributed by atoms with Crippen molar-refractivity contribution in [2.75, 3.05) is 27.2 Å². The summed E-state index contributed by atoms with van der Waals surface area (Å²) in [5.74, 6) is -0.0972. The molecule has 5 nitrogen and oxygen atoms in total. The Labute approximate surface area is 107 Å². The maximum absolute atomic E-state index is 11.7. The molecule has 0 aliphatic heterocycles. The van der Waals surface area contributed by atoms with Crippen molar-refractivity contribution < 1.29 is 14.1 Å². The fraction of sp³-hybridized carbons (Fsp3) is 0.385. The Kier molecular flexibility index (Phi) is 4.85. The van der Waals surface area contributed by atoms with Gasteiger partial charge in [-0.15, -0.1) is 0 Å². The number of amides is 3. The van der Waals surface area contributed by atoms with Crippen molar-refractivity contribution in [2.45, 2.75) is 6.42 Å². The van der Waals surface area contributed by atoms with E-state index in [1.165, 1.54) is 0 Å². The molecule has 3 amide bonds. The number of rotatable bonds is 5. The van der Waals surface area contributed by atoms with Gasteiger partial charge in [0.15, 0.2) is 0 Å². The molecule has 0 saturated carbocycles. The predicted molar refractivity (Wildman–Crippen MR) is 70.0 cm³/mol. The van der Waals surface area contributed by atoms with Crippen LogP contribution in [0.15, 0.2) is 30.3 Å². The van der Waals surface area contributed by atoms with Gasteiger partial charge in [0.25, 0.3) is 5.91 Å². The van der Waals surface area contributed by atoms with Crippen LogP contribution in [0, 0.1) is 0 Å². The minimum Gasteiger partial charge on any atom is -0.352 e. The van der Waals surface area contributed by atoms with Crippen LogP contribution < -0.4 is 11.1 Å². The van der Waals surface area contributed by atoms with E-state index in [4.69, 9.17) is 5.73 Å². The highest BCUT2D eigenvalue weighted by Crippen LogP contribution is 2.00. The van der Waals surface area contributed by atoms with E-state index in [0.717, 1.165) is 0 Å². The number of hydrogen-bond donors (Lipinski definition) is 2. The average molecular weight is 250 g/mol. The molecule has 0 fully saturated rings. The third-order valence-corrected chi connectivity index (χ3v) is 2.81. The number of carbonyl (C=O) groups is 2. The Morgan fingerprint density at radius 3 is 2.39 bits per heavy atom. The number of carbonyl (C=O) groups excluding carboxylic acids is 2. The zero-order valence-corrected chi connectivity index (χ0v) is 10.8. The number of hydrogen-bond acceptors (Lipinski definition) is 2. The molecule has 18 heavy (non-hydrogen) atoms. The van der Waals surface area contributed by atoms with E-state index in [9.17, 15) is 9.59 Å². The van der Waals surface area contributed by atoms with Gasteiger partial charge < -0.3 is 11.1 Å². The molecule has 0 unspecified atom stereocenters. The predicted octanol–water partition coefficient (Wildman–Crippen LogP) is 0.962. The average Bonchev–Trinajstić information content (AvgIpc) is 2.35. The molecule has 0 saturated heterocycles. The smallest absolute Gasteiger partial charge is 0.352 e. The lowest BCUT2D eigenvalue weighted by molar-refractivity contribution is -0.807. The van der Waals surface area contributed by atoms with Crippen molar-refractivity contribution in [3.63, 3.8) is 0 Å². The van der Waals surface area contributed by atoms with E-state index >= 15 is 0 Å². The fourth-order valence-corrected chi connectivity index (χ4v) is 1.48. The van der Waals surface area contributed by atoms with Crippen LogP contribution in [0.4, 0.5) is 4.79 Å². The van der Waals surface area contributed by atoms with Crippen LogP contribution in [0.2, 0.25) is 0 Å². The normalized spacial score (nSPS) is 11.0. The van der Waals surface area contributed by atoms with Gasteiger partial charge in [-0.05, 0) is 12.1 Å². The van der Waals surface area contributed by atoms with Crippen molar-refractivity contribution in [2.24, 2.45) is 5.73 Å². The van der Waals surface area contributed by atoms with Gasteiger partial charge >= 0.3 is 6.03 Å². The summed E-state index contributed by atoms with van der Waals surface area (Å²) in [5.41, 5.74) is 5.89. The maximum atomic E-state index is 11.7. The fourth-order valence-electron chi connectivity index (χ4n) is 1.48. The number of quaternary nitrogens is 1. The Balaban J connectivity index is 2.31. The Morgan fingerprint density at radius 2 is 1.83 bits per heavy atom. The van der Waals surface area contributed by atoms with E-state index in [1.807, 2.05) is 18.2 Å². The highest BCUT2D eigenvalue weighted by Gasteiger charge is 2.21. The third-order valence-electron chi connectivity index (χ3n) is 2.81. The lowest BCUT2D eigenvalue weighted by Crippen LogP contribution is -2.50. The number of nitrogens with one attached hydrogen (secondary N) is 1. The quantitative estimate of drug-likeness (QED) is 0.603. The van der Waals surface area contributed by atoms with E-state index in [0.29, 0.717) is 25.1 Å². The molecule has 1 aromatic carbocycles. The van der Waals surface area contributed by atoms with Crippen molar-refractivity contribution >= 4 is 11.9 Å². The summed E-state index contributed by atoms with van der Waals surface area (Å²) in [7, 11) is 3.50. The van der Waals surface area contributed by atoms with Crippen LogP contribution in [0.1, 0.15) is 16.8 Å². The molecule has 1 rings (SSSR count). The lowest BCUT2D eigenvalue weighted by atomic mass is 10.2. The van der Waals surface area contributed by atoms with Gasteiger partial charge in [0.1, 0.15) is 0 Å². The van der Waals surface area contributed by atoms with Gasteiger partial charge in [-0.3, -0.25) is 4.79 Å². The largest absolute Gasteiger partial charge is 0.413 e. The molecule has 0 spiro atoms. The minimum atomic E-state index is -0.371. The molecule has 5 heteroatoms. The molecule has 0 aliphatic carbocycles. The molecule has 3 N–H and O–H groups in total. The Morgan fingerprint density at radius 1 is 1.22 bits per heavy atom. The first-order valence-electron chi connectivity index (χ1n) is 5.90. The summed E-state index contributed by atoms with van der Waals surface area (Å²) in [5, 5.41) is 2.81. The molecular weight excluding hydrogens is 230 g/mol. The summed E-state index contributed by atoms with van der Waals surface area (Å²) in [4.78, 5) is 22.8. The van der Waals surface area contributed by atoms with Crippen molar-refractivity contribution in [1.82, 2.24) is 5.32 Å². The first-order valence-corrected chi connectivity index (χ1v) is 5.90. The van der Waals surface area contributed by atoms with E-state index in [1.54, 1.807) is 26.2 Å². The van der Waals surface area contributed by atoms with Gasteiger partial charge in [-0.25, -0.2) is 9.28 Å². The molecule has 1 aromatic rings. The van der Waals surface area contributed by atoms with Crippen molar-refractivity contribution in [3.05, 3.63) is 35.9 Å². The maximum Gasteiger partial charge on any atom is 0.413 e. The van der Waals surface area contributed by atoms with Crippen LogP contribution in [-0.2, 0) is 0 Å². The zero-order valence-electron chi connectivity index (χ0n) is 10.8. The molecule has 98 valence electrons. The van der Waals surface area contributed by atoms with Gasteiger partial charge in [0.2, 0.25) is 0 Å². The SMILES string of the molecule is C[N+](C)(CCCNC(=O)c1ccccc1)C(N)=O. The van der Waals surface area contributed by atoms with E-state index < -0.39 is 0 Å². The highest BCUT2D eigenvalue weighted by atomic mass is 16.2. The second-order valence-electron chi connectivity index (χ2n) is 4.72. The number of urea groups is 1. The molecule has 0 radical (unpaired) electrons. The molecule has 0 bridgehead atoms. The third kappa shape index (κ3) is 4.18. The molecule has 0 heterocycles. The van der Waals surface area contributed by atoms with Crippen LogP contribution in [0.25, 0.3) is 0 Å². The minimum absolute atomic E-state index is 0.0972. The van der Waals surface area contributed by atoms with E-state index in [2.05, 4.69) is 5.32 Å². The van der Waals surface area contributed by atoms with Crippen LogP contribution in [0.3, 0.4) is 0 Å². The monoisotopic (exact) mass is 250 g/mol. The lowest BCUT2D eigenvalue weighted by Gasteiger charge is -2.23. The standard InChI is InChI=1S/C13H19N3O2/c1-16(2,13(14)18)10-6-9-15-12(17)11-7-4-3-5-8-11/h3-5,7-8H,6,9-10H2,1-2H3,(H2-,14,15,17,18)/p+1. The van der Waals surface area contributed by atoms with Crippen LogP contribution in [-0.4, -0.2) is 43.6 Å². The molecular formula is C13H20N3O2+. The molecule has 0 atom stereocenters. The summed E-state index contributed by atoms with van der Waals surface area (Å²) >= 11 is 0. The zero-order chi connectivity index (χ0) is 13.6. The van der Waals surface area contributed by atoms with Crippen molar-refractivity contribution in [3.8, 4) is 0 Å². The van der Waals surface area contributed by atoms with Gasteiger partial charge in [-0.2, -0.15) is 0 Å². The molecule has 0 aromatic heterocycles. The first kappa shape index (κ1) is 14.2. The Hall–Kier alpha value is -1.88. The second-order valence-corrected chi connectivity index (χ2v) is 4.72. The summed E-state index contributed by atoms with van der Waals surface area (Å²) < 4.78 is 0.126. The van der Waals surface area contributed by atoms with Gasteiger partial charge in [-0.1, -0.05) is 18.2 Å². The second kappa shape index (κ2) is 6.16.